The number of fused-ring (bicyclic) bond motifs is 3. The highest BCUT2D eigenvalue weighted by atomic mass is 35.5. The summed E-state index contributed by atoms with van der Waals surface area (Å²) in [6.45, 7) is 6.53. The molecule has 0 saturated heterocycles. The molecule has 1 atom stereocenters. The Hall–Kier alpha value is -4.29. The van der Waals surface area contributed by atoms with E-state index in [9.17, 15) is 4.79 Å². The smallest absolute Gasteiger partial charge is 0.308 e. The maximum atomic E-state index is 14.1. The highest BCUT2D eigenvalue weighted by Gasteiger charge is 2.36. The van der Waals surface area contributed by atoms with Crippen molar-refractivity contribution in [2.75, 3.05) is 5.32 Å². The zero-order valence-corrected chi connectivity index (χ0v) is 23.0. The molecule has 0 aliphatic carbocycles. The van der Waals surface area contributed by atoms with Gasteiger partial charge in [-0.1, -0.05) is 72.6 Å². The Bertz CT molecular complexity index is 1670. The lowest BCUT2D eigenvalue weighted by Crippen LogP contribution is -2.38. The van der Waals surface area contributed by atoms with E-state index in [0.29, 0.717) is 17.3 Å². The molecule has 3 aromatic carbocycles. The predicted molar refractivity (Wildman–Crippen MR) is 156 cm³/mol. The van der Waals surface area contributed by atoms with Crippen LogP contribution in [0.4, 0.5) is 10.5 Å². The van der Waals surface area contributed by atoms with Crippen LogP contribution in [-0.2, 0) is 13.0 Å². The van der Waals surface area contributed by atoms with Gasteiger partial charge in [-0.2, -0.15) is 5.10 Å². The predicted octanol–water partition coefficient (Wildman–Crippen LogP) is 7.63. The van der Waals surface area contributed by atoms with Crippen LogP contribution in [0.25, 0.3) is 11.5 Å². The first-order valence-corrected chi connectivity index (χ1v) is 13.6. The fraction of sp³-hybridized carbons (Fsp3) is 0.188. The van der Waals surface area contributed by atoms with E-state index in [-0.39, 0.29) is 12.1 Å². The van der Waals surface area contributed by atoms with Crippen LogP contribution in [0.2, 0.25) is 5.02 Å². The molecule has 6 nitrogen and oxygen atoms in total. The molecular weight excluding hydrogens is 506 g/mol. The Morgan fingerprint density at radius 2 is 1.82 bits per heavy atom. The Morgan fingerprint density at radius 3 is 2.56 bits per heavy atom. The second-order valence-electron chi connectivity index (χ2n) is 9.99. The van der Waals surface area contributed by atoms with Crippen molar-refractivity contribution in [3.8, 4) is 11.5 Å². The van der Waals surface area contributed by atoms with Crippen LogP contribution in [0.1, 0.15) is 46.6 Å². The molecule has 3 heterocycles. The van der Waals surface area contributed by atoms with E-state index >= 15 is 0 Å². The number of carbonyl (C=O) groups is 1. The van der Waals surface area contributed by atoms with Gasteiger partial charge < -0.3 is 14.8 Å². The fourth-order valence-corrected chi connectivity index (χ4v) is 5.59. The van der Waals surface area contributed by atoms with E-state index in [1.807, 2.05) is 52.9 Å². The van der Waals surface area contributed by atoms with Gasteiger partial charge in [-0.15, -0.1) is 0 Å². The van der Waals surface area contributed by atoms with Gasteiger partial charge >= 0.3 is 6.03 Å². The third-order valence-corrected chi connectivity index (χ3v) is 7.75. The topological polar surface area (TPSA) is 55.1 Å². The number of halogens is 1. The summed E-state index contributed by atoms with van der Waals surface area (Å²) in [5.41, 5.74) is 7.79. The van der Waals surface area contributed by atoms with Gasteiger partial charge in [0.05, 0.1) is 29.7 Å². The van der Waals surface area contributed by atoms with E-state index in [0.717, 1.165) is 51.6 Å². The molecule has 0 saturated carbocycles. The maximum Gasteiger partial charge on any atom is 0.322 e. The lowest BCUT2D eigenvalue weighted by atomic mass is 10.00. The number of anilines is 1. The van der Waals surface area contributed by atoms with Crippen LogP contribution >= 0.6 is 11.6 Å². The van der Waals surface area contributed by atoms with Gasteiger partial charge in [0.25, 0.3) is 0 Å². The first-order chi connectivity index (χ1) is 18.9. The third-order valence-electron chi connectivity index (χ3n) is 7.35. The highest BCUT2D eigenvalue weighted by molar-refractivity contribution is 6.31. The van der Waals surface area contributed by atoms with Gasteiger partial charge in [0, 0.05) is 22.5 Å². The van der Waals surface area contributed by atoms with Crippen LogP contribution in [0.5, 0.6) is 0 Å². The lowest BCUT2D eigenvalue weighted by molar-refractivity contribution is 0.194. The number of rotatable bonds is 4. The summed E-state index contributed by atoms with van der Waals surface area (Å²) in [6.07, 6.45) is 2.82. The zero-order valence-electron chi connectivity index (χ0n) is 22.2. The second kappa shape index (κ2) is 10.1. The van der Waals surface area contributed by atoms with Crippen molar-refractivity contribution in [3.05, 3.63) is 130 Å². The summed E-state index contributed by atoms with van der Waals surface area (Å²) >= 11 is 6.39. The summed E-state index contributed by atoms with van der Waals surface area (Å²) in [7, 11) is 0. The Balaban J connectivity index is 1.55. The van der Waals surface area contributed by atoms with E-state index in [4.69, 9.17) is 16.7 Å². The largest absolute Gasteiger partial charge is 0.322 e. The van der Waals surface area contributed by atoms with Crippen molar-refractivity contribution in [1.29, 1.82) is 0 Å². The first kappa shape index (κ1) is 25.0. The van der Waals surface area contributed by atoms with Gasteiger partial charge in [0.1, 0.15) is 5.82 Å². The molecule has 1 aliphatic heterocycles. The van der Waals surface area contributed by atoms with Gasteiger partial charge in [0.15, 0.2) is 0 Å². The summed E-state index contributed by atoms with van der Waals surface area (Å²) in [5, 5.41) is 8.77. The molecule has 5 aromatic rings. The number of nitrogens with zero attached hydrogens (tertiary/aromatic N) is 4. The van der Waals surface area contributed by atoms with Gasteiger partial charge in [-0.25, -0.2) is 9.48 Å². The van der Waals surface area contributed by atoms with Crippen molar-refractivity contribution in [2.45, 2.75) is 39.8 Å². The number of aromatic nitrogens is 3. The molecule has 6 rings (SSSR count). The Morgan fingerprint density at radius 1 is 1.00 bits per heavy atom. The summed E-state index contributed by atoms with van der Waals surface area (Å²) in [4.78, 5) is 16.1. The third kappa shape index (κ3) is 4.51. The molecule has 2 aromatic heterocycles. The number of para-hydroxylation sites is 1. The number of hydrogen-bond donors (Lipinski definition) is 1. The van der Waals surface area contributed by atoms with E-state index in [1.54, 1.807) is 6.07 Å². The van der Waals surface area contributed by atoms with Crippen LogP contribution in [0.3, 0.4) is 0 Å². The molecule has 39 heavy (non-hydrogen) atoms. The van der Waals surface area contributed by atoms with E-state index in [1.165, 1.54) is 0 Å². The maximum absolute atomic E-state index is 14.1. The Kier molecular flexibility index (Phi) is 6.49. The summed E-state index contributed by atoms with van der Waals surface area (Å²) < 4.78 is 4.20. The quantitative estimate of drug-likeness (QED) is 0.257. The molecule has 1 aliphatic rings. The van der Waals surface area contributed by atoms with Gasteiger partial charge in [0.2, 0.25) is 0 Å². The van der Waals surface area contributed by atoms with E-state index in [2.05, 4.69) is 72.4 Å². The number of urea groups is 1. The van der Waals surface area contributed by atoms with Crippen molar-refractivity contribution in [1.82, 2.24) is 19.2 Å². The second-order valence-corrected chi connectivity index (χ2v) is 10.4. The van der Waals surface area contributed by atoms with Gasteiger partial charge in [-0.3, -0.25) is 0 Å². The van der Waals surface area contributed by atoms with Crippen LogP contribution in [0.15, 0.2) is 91.1 Å². The molecule has 1 N–H and O–H groups in total. The standard InChI is InChI=1S/C32H30ClN5O/c1-4-28-26-20-37(32(39)34-24-16-15-22(3)27(33)19-24)30(23-11-8-10-21(2)18-23)29-14-9-17-36(29)31(26)38(35-28)25-12-6-5-7-13-25/h5-19,30H,4,20H2,1-3H3,(H,34,39). The average Bonchev–Trinajstić information content (AvgIpc) is 3.52. The molecule has 1 unspecified atom stereocenters. The van der Waals surface area contributed by atoms with Crippen molar-refractivity contribution in [2.24, 2.45) is 0 Å². The molecular formula is C32H30ClN5O. The van der Waals surface area contributed by atoms with Gasteiger partial charge in [-0.05, 0) is 67.8 Å². The number of amides is 2. The summed E-state index contributed by atoms with van der Waals surface area (Å²) in [6, 6.07) is 27.8. The molecule has 2 amide bonds. The number of hydrogen-bond acceptors (Lipinski definition) is 2. The minimum Gasteiger partial charge on any atom is -0.308 e. The minimum absolute atomic E-state index is 0.198. The van der Waals surface area contributed by atoms with Crippen LogP contribution in [-0.4, -0.2) is 25.3 Å². The Labute approximate surface area is 233 Å². The zero-order chi connectivity index (χ0) is 27.1. The molecule has 196 valence electrons. The molecule has 0 fully saturated rings. The highest BCUT2D eigenvalue weighted by Crippen LogP contribution is 2.39. The van der Waals surface area contributed by atoms with Crippen LogP contribution in [0, 0.1) is 13.8 Å². The molecule has 0 spiro atoms. The molecule has 0 radical (unpaired) electrons. The van der Waals surface area contributed by atoms with Crippen molar-refractivity contribution >= 4 is 23.3 Å². The van der Waals surface area contributed by atoms with Crippen molar-refractivity contribution in [3.63, 3.8) is 0 Å². The first-order valence-electron chi connectivity index (χ1n) is 13.2. The monoisotopic (exact) mass is 535 g/mol. The SMILES string of the molecule is CCc1nn(-c2ccccc2)c2c1CN(C(=O)Nc1ccc(C)c(Cl)c1)C(c1cccc(C)c1)c1cccn1-2. The van der Waals surface area contributed by atoms with Crippen LogP contribution < -0.4 is 5.32 Å². The molecule has 7 heteroatoms. The molecule has 0 bridgehead atoms. The normalized spacial score (nSPS) is 14.5. The summed E-state index contributed by atoms with van der Waals surface area (Å²) in [5.74, 6) is 0.962. The number of nitrogens with one attached hydrogen (secondary N) is 1. The van der Waals surface area contributed by atoms with Crippen molar-refractivity contribution < 1.29 is 4.79 Å². The lowest BCUT2D eigenvalue weighted by Gasteiger charge is -2.31. The number of carbonyl (C=O) groups excluding carboxylic acids is 1. The number of aryl methyl sites for hydroxylation is 3. The minimum atomic E-state index is -0.317. The number of benzene rings is 3. The fourth-order valence-electron chi connectivity index (χ4n) is 5.41. The average molecular weight is 536 g/mol. The van der Waals surface area contributed by atoms with E-state index < -0.39 is 0 Å².